The summed E-state index contributed by atoms with van der Waals surface area (Å²) in [7, 11) is -3.23. The Morgan fingerprint density at radius 3 is 2.63 bits per heavy atom. The van der Waals surface area contributed by atoms with Crippen molar-refractivity contribution in [2.24, 2.45) is 5.41 Å². The maximum atomic E-state index is 13.0. The van der Waals surface area contributed by atoms with E-state index in [-0.39, 0.29) is 18.2 Å². The summed E-state index contributed by atoms with van der Waals surface area (Å²) < 4.78 is 25.4. The fourth-order valence-corrected chi connectivity index (χ4v) is 5.43. The van der Waals surface area contributed by atoms with Gasteiger partial charge < -0.3 is 9.47 Å². The zero-order valence-corrected chi connectivity index (χ0v) is 16.7. The molecular weight excluding hydrogens is 362 g/mol. The van der Waals surface area contributed by atoms with Gasteiger partial charge in [0.05, 0.1) is 11.0 Å². The Balaban J connectivity index is 1.57. The normalized spacial score (nSPS) is 19.8. The van der Waals surface area contributed by atoms with Gasteiger partial charge in [0, 0.05) is 19.3 Å². The fourth-order valence-electron chi connectivity index (χ4n) is 4.74. The molecule has 1 aliphatic heterocycles. The zero-order valence-electron chi connectivity index (χ0n) is 15.9. The summed E-state index contributed by atoms with van der Waals surface area (Å²) in [6, 6.07) is 7.52. The quantitative estimate of drug-likeness (QED) is 0.806. The van der Waals surface area contributed by atoms with Gasteiger partial charge in [-0.3, -0.25) is 4.79 Å². The number of hydrogen-bond acceptors (Lipinski definition) is 4. The van der Waals surface area contributed by atoms with Crippen LogP contribution >= 0.6 is 0 Å². The summed E-state index contributed by atoms with van der Waals surface area (Å²) in [5, 5.41) is 0. The van der Waals surface area contributed by atoms with E-state index in [9.17, 15) is 13.2 Å². The van der Waals surface area contributed by atoms with E-state index in [4.69, 9.17) is 0 Å². The van der Waals surface area contributed by atoms with Crippen molar-refractivity contribution in [1.29, 1.82) is 0 Å². The molecule has 1 saturated heterocycles. The van der Waals surface area contributed by atoms with Gasteiger partial charge in [0.2, 0.25) is 5.91 Å². The van der Waals surface area contributed by atoms with Gasteiger partial charge in [-0.05, 0) is 36.8 Å². The molecule has 4 rings (SSSR count). The standard InChI is InChI=1S/C20H27N3O3S/c1-27(25,26)14-18-21-16-7-3-4-8-17(16)23(18)13-19(24)22-12-11-20(15-22)9-5-2-6-10-20/h3-4,7-8H,2,5-6,9-15H2,1H3. The van der Waals surface area contributed by atoms with Crippen LogP contribution in [-0.2, 0) is 26.9 Å². The number of hydrogen-bond donors (Lipinski definition) is 0. The molecule has 2 fully saturated rings. The van der Waals surface area contributed by atoms with Crippen LogP contribution in [0.25, 0.3) is 11.0 Å². The van der Waals surface area contributed by atoms with Gasteiger partial charge in [-0.2, -0.15) is 0 Å². The topological polar surface area (TPSA) is 72.3 Å². The Hall–Kier alpha value is -1.89. The van der Waals surface area contributed by atoms with Crippen LogP contribution in [0.5, 0.6) is 0 Å². The van der Waals surface area contributed by atoms with Crippen LogP contribution in [0.15, 0.2) is 24.3 Å². The molecule has 0 radical (unpaired) electrons. The number of benzene rings is 1. The van der Waals surface area contributed by atoms with Gasteiger partial charge in [-0.15, -0.1) is 0 Å². The monoisotopic (exact) mass is 389 g/mol. The average Bonchev–Trinajstić information content (AvgIpc) is 3.17. The highest BCUT2D eigenvalue weighted by molar-refractivity contribution is 7.89. The third kappa shape index (κ3) is 3.88. The number of amides is 1. The van der Waals surface area contributed by atoms with E-state index < -0.39 is 9.84 Å². The second kappa shape index (κ2) is 6.93. The number of rotatable bonds is 4. The van der Waals surface area contributed by atoms with E-state index in [1.807, 2.05) is 29.2 Å². The van der Waals surface area contributed by atoms with Crippen LogP contribution < -0.4 is 0 Å². The SMILES string of the molecule is CS(=O)(=O)Cc1nc2ccccc2n1CC(=O)N1CCC2(CCCCC2)C1. The minimum Gasteiger partial charge on any atom is -0.341 e. The lowest BCUT2D eigenvalue weighted by atomic mass is 9.73. The number of carbonyl (C=O) groups excluding carboxylic acids is 1. The summed E-state index contributed by atoms with van der Waals surface area (Å²) in [4.78, 5) is 19.5. The van der Waals surface area contributed by atoms with Crippen LogP contribution in [0.2, 0.25) is 0 Å². The van der Waals surface area contributed by atoms with Gasteiger partial charge in [0.15, 0.2) is 9.84 Å². The van der Waals surface area contributed by atoms with E-state index in [1.165, 1.54) is 38.4 Å². The van der Waals surface area contributed by atoms with Crippen molar-refractivity contribution in [3.63, 3.8) is 0 Å². The Labute approximate surface area is 160 Å². The van der Waals surface area contributed by atoms with E-state index in [2.05, 4.69) is 4.98 Å². The van der Waals surface area contributed by atoms with Gasteiger partial charge in [0.1, 0.15) is 18.1 Å². The highest BCUT2D eigenvalue weighted by Crippen LogP contribution is 2.43. The first-order chi connectivity index (χ1) is 12.9. The molecule has 1 aromatic carbocycles. The minimum absolute atomic E-state index is 0.0651. The molecule has 27 heavy (non-hydrogen) atoms. The van der Waals surface area contributed by atoms with E-state index in [1.54, 1.807) is 4.57 Å². The van der Waals surface area contributed by atoms with Crippen molar-refractivity contribution in [2.45, 2.75) is 50.8 Å². The first-order valence-corrected chi connectivity index (χ1v) is 11.8. The molecule has 7 heteroatoms. The molecule has 2 aromatic rings. The van der Waals surface area contributed by atoms with Crippen molar-refractivity contribution in [1.82, 2.24) is 14.5 Å². The Morgan fingerprint density at radius 1 is 1.15 bits per heavy atom. The molecule has 146 valence electrons. The second-order valence-electron chi connectivity index (χ2n) is 8.30. The van der Waals surface area contributed by atoms with Crippen LogP contribution in [0, 0.1) is 5.41 Å². The predicted molar refractivity (Wildman–Crippen MR) is 105 cm³/mol. The molecule has 1 aliphatic carbocycles. The van der Waals surface area contributed by atoms with E-state index >= 15 is 0 Å². The highest BCUT2D eigenvalue weighted by atomic mass is 32.2. The third-order valence-corrected chi connectivity index (χ3v) is 6.91. The van der Waals surface area contributed by atoms with Gasteiger partial charge in [0.25, 0.3) is 0 Å². The first kappa shape index (κ1) is 18.5. The number of nitrogens with zero attached hydrogens (tertiary/aromatic N) is 3. The number of para-hydroxylation sites is 2. The minimum atomic E-state index is -3.23. The van der Waals surface area contributed by atoms with E-state index in [0.717, 1.165) is 30.5 Å². The number of sulfone groups is 1. The molecule has 1 aromatic heterocycles. The molecular formula is C20H27N3O3S. The maximum Gasteiger partial charge on any atom is 0.242 e. The van der Waals surface area contributed by atoms with Gasteiger partial charge in [-0.25, -0.2) is 13.4 Å². The molecule has 0 bridgehead atoms. The van der Waals surface area contributed by atoms with Crippen LogP contribution in [-0.4, -0.2) is 48.1 Å². The molecule has 1 amide bonds. The molecule has 0 unspecified atom stereocenters. The summed E-state index contributed by atoms with van der Waals surface area (Å²) >= 11 is 0. The van der Waals surface area contributed by atoms with Crippen LogP contribution in [0.1, 0.15) is 44.3 Å². The van der Waals surface area contributed by atoms with Crippen molar-refractivity contribution < 1.29 is 13.2 Å². The van der Waals surface area contributed by atoms with Gasteiger partial charge >= 0.3 is 0 Å². The number of imidazole rings is 1. The molecule has 0 atom stereocenters. The van der Waals surface area contributed by atoms with Crippen molar-refractivity contribution >= 4 is 26.8 Å². The predicted octanol–water partition coefficient (Wildman–Crippen LogP) is 2.76. The lowest BCUT2D eigenvalue weighted by Gasteiger charge is -2.33. The second-order valence-corrected chi connectivity index (χ2v) is 10.4. The molecule has 0 N–H and O–H groups in total. The Bertz CT molecular complexity index is 958. The van der Waals surface area contributed by atoms with Gasteiger partial charge in [-0.1, -0.05) is 31.4 Å². The molecule has 1 spiro atoms. The number of carbonyl (C=O) groups is 1. The lowest BCUT2D eigenvalue weighted by molar-refractivity contribution is -0.131. The Morgan fingerprint density at radius 2 is 1.89 bits per heavy atom. The highest BCUT2D eigenvalue weighted by Gasteiger charge is 2.40. The maximum absolute atomic E-state index is 13.0. The number of fused-ring (bicyclic) bond motifs is 1. The van der Waals surface area contributed by atoms with Crippen LogP contribution in [0.3, 0.4) is 0 Å². The molecule has 2 heterocycles. The van der Waals surface area contributed by atoms with Crippen molar-refractivity contribution in [3.05, 3.63) is 30.1 Å². The smallest absolute Gasteiger partial charge is 0.242 e. The fraction of sp³-hybridized carbons (Fsp3) is 0.600. The Kier molecular flexibility index (Phi) is 4.74. The van der Waals surface area contributed by atoms with Crippen LogP contribution in [0.4, 0.5) is 0 Å². The first-order valence-electron chi connectivity index (χ1n) is 9.75. The van der Waals surface area contributed by atoms with Crippen molar-refractivity contribution in [2.75, 3.05) is 19.3 Å². The molecule has 2 aliphatic rings. The summed E-state index contributed by atoms with van der Waals surface area (Å²) in [6.45, 7) is 1.81. The summed E-state index contributed by atoms with van der Waals surface area (Å²) in [6.07, 6.45) is 8.60. The summed E-state index contributed by atoms with van der Waals surface area (Å²) in [5.41, 5.74) is 1.87. The van der Waals surface area contributed by atoms with E-state index in [0.29, 0.717) is 11.2 Å². The third-order valence-electron chi connectivity index (χ3n) is 6.12. The number of aromatic nitrogens is 2. The number of likely N-dealkylation sites (tertiary alicyclic amines) is 1. The largest absolute Gasteiger partial charge is 0.341 e. The summed E-state index contributed by atoms with van der Waals surface area (Å²) in [5.74, 6) is 0.354. The lowest BCUT2D eigenvalue weighted by Crippen LogP contribution is -2.35. The molecule has 1 saturated carbocycles. The average molecular weight is 390 g/mol. The molecule has 6 nitrogen and oxygen atoms in total. The van der Waals surface area contributed by atoms with Crippen molar-refractivity contribution in [3.8, 4) is 0 Å². The zero-order chi connectivity index (χ0) is 19.1.